The van der Waals surface area contributed by atoms with E-state index < -0.39 is 0 Å². The summed E-state index contributed by atoms with van der Waals surface area (Å²) in [7, 11) is 1.64. The minimum atomic E-state index is -0.179. The van der Waals surface area contributed by atoms with Gasteiger partial charge in [0.25, 0.3) is 5.56 Å². The Morgan fingerprint density at radius 1 is 1.03 bits per heavy atom. The van der Waals surface area contributed by atoms with Crippen LogP contribution in [0.3, 0.4) is 0 Å². The third-order valence-electron chi connectivity index (χ3n) is 5.63. The number of H-pyrrole nitrogens is 1. The highest BCUT2D eigenvalue weighted by Gasteiger charge is 2.19. The van der Waals surface area contributed by atoms with Crippen LogP contribution in [0.1, 0.15) is 22.3 Å². The number of benzene rings is 2. The van der Waals surface area contributed by atoms with Crippen molar-refractivity contribution in [1.29, 1.82) is 0 Å². The van der Waals surface area contributed by atoms with Crippen molar-refractivity contribution in [2.75, 3.05) is 18.6 Å². The van der Waals surface area contributed by atoms with E-state index in [9.17, 15) is 4.79 Å². The minimum Gasteiger partial charge on any atom is -0.497 e. The lowest BCUT2D eigenvalue weighted by Crippen LogP contribution is -2.33. The molecule has 31 heavy (non-hydrogen) atoms. The number of aromatic nitrogens is 3. The Morgan fingerprint density at radius 2 is 1.84 bits per heavy atom. The maximum absolute atomic E-state index is 13.0. The summed E-state index contributed by atoms with van der Waals surface area (Å²) in [6.45, 7) is 1.53. The lowest BCUT2D eigenvalue weighted by atomic mass is 10.0. The summed E-state index contributed by atoms with van der Waals surface area (Å²) in [6, 6.07) is 18.0. The fourth-order valence-corrected chi connectivity index (χ4v) is 3.94. The number of anilines is 1. The van der Waals surface area contributed by atoms with Crippen LogP contribution < -0.4 is 15.2 Å². The maximum atomic E-state index is 13.0. The average Bonchev–Trinajstić information content (AvgIpc) is 2.82. The lowest BCUT2D eigenvalue weighted by Gasteiger charge is -2.29. The average molecular weight is 410 g/mol. The van der Waals surface area contributed by atoms with Gasteiger partial charge in [-0.3, -0.25) is 9.78 Å². The van der Waals surface area contributed by atoms with Crippen LogP contribution in [0.2, 0.25) is 0 Å². The van der Waals surface area contributed by atoms with E-state index in [-0.39, 0.29) is 5.56 Å². The van der Waals surface area contributed by atoms with Gasteiger partial charge in [0.15, 0.2) is 5.65 Å². The molecule has 0 amide bonds. The zero-order chi connectivity index (χ0) is 21.2. The Bertz CT molecular complexity index is 1330. The quantitative estimate of drug-likeness (QED) is 0.549. The summed E-state index contributed by atoms with van der Waals surface area (Å²) >= 11 is 0. The molecule has 3 heterocycles. The summed E-state index contributed by atoms with van der Waals surface area (Å²) < 4.78 is 5.20. The molecular formula is C25H22N4O2. The first kappa shape index (κ1) is 19.1. The van der Waals surface area contributed by atoms with Crippen molar-refractivity contribution in [3.63, 3.8) is 0 Å². The van der Waals surface area contributed by atoms with E-state index in [1.165, 1.54) is 11.1 Å². The first-order valence-electron chi connectivity index (χ1n) is 10.2. The highest BCUT2D eigenvalue weighted by molar-refractivity contribution is 5.88. The summed E-state index contributed by atoms with van der Waals surface area (Å²) in [5.41, 5.74) is 4.69. The molecule has 0 bridgehead atoms. The Morgan fingerprint density at radius 3 is 2.65 bits per heavy atom. The highest BCUT2D eigenvalue weighted by Crippen LogP contribution is 2.23. The van der Waals surface area contributed by atoms with Gasteiger partial charge in [-0.1, -0.05) is 48.6 Å². The molecule has 0 fully saturated rings. The van der Waals surface area contributed by atoms with E-state index >= 15 is 0 Å². The molecule has 1 aliphatic rings. The van der Waals surface area contributed by atoms with E-state index in [1.807, 2.05) is 48.6 Å². The molecule has 0 aliphatic carbocycles. The van der Waals surface area contributed by atoms with Crippen molar-refractivity contribution >= 4 is 29.1 Å². The molecule has 2 aromatic heterocycles. The first-order valence-corrected chi connectivity index (χ1v) is 10.2. The van der Waals surface area contributed by atoms with E-state index in [0.717, 1.165) is 36.4 Å². The van der Waals surface area contributed by atoms with E-state index in [1.54, 1.807) is 13.3 Å². The molecule has 0 saturated heterocycles. The van der Waals surface area contributed by atoms with Gasteiger partial charge in [-0.05, 0) is 46.9 Å². The normalized spacial score (nSPS) is 13.5. The van der Waals surface area contributed by atoms with E-state index in [0.29, 0.717) is 17.0 Å². The second-order valence-electron chi connectivity index (χ2n) is 7.54. The number of aromatic amines is 1. The van der Waals surface area contributed by atoms with Crippen LogP contribution in [0.25, 0.3) is 23.2 Å². The number of hydrogen-bond acceptors (Lipinski definition) is 5. The zero-order valence-corrected chi connectivity index (χ0v) is 17.2. The smallest absolute Gasteiger partial charge is 0.262 e. The predicted octanol–water partition coefficient (Wildman–Crippen LogP) is 4.06. The van der Waals surface area contributed by atoms with Crippen LogP contribution >= 0.6 is 0 Å². The third kappa shape index (κ3) is 3.80. The van der Waals surface area contributed by atoms with Gasteiger partial charge in [0.1, 0.15) is 5.75 Å². The van der Waals surface area contributed by atoms with Crippen molar-refractivity contribution in [3.05, 3.63) is 93.4 Å². The highest BCUT2D eigenvalue weighted by atomic mass is 16.5. The van der Waals surface area contributed by atoms with Crippen LogP contribution in [0, 0.1) is 0 Å². The SMILES string of the molecule is COc1ccc(/C=C/c2ccnc3nc(N4CCc5ccccc5C4)[nH]c(=O)c23)cc1. The van der Waals surface area contributed by atoms with E-state index in [4.69, 9.17) is 4.74 Å². The molecule has 0 unspecified atom stereocenters. The van der Waals surface area contributed by atoms with E-state index in [2.05, 4.69) is 38.1 Å². The van der Waals surface area contributed by atoms with Gasteiger partial charge in [0, 0.05) is 19.3 Å². The Hall–Kier alpha value is -3.93. The Kier molecular flexibility index (Phi) is 4.96. The molecule has 6 nitrogen and oxygen atoms in total. The summed E-state index contributed by atoms with van der Waals surface area (Å²) in [5.74, 6) is 1.37. The van der Waals surface area contributed by atoms with Gasteiger partial charge in [0.2, 0.25) is 5.95 Å². The van der Waals surface area contributed by atoms with Crippen LogP contribution in [-0.2, 0) is 13.0 Å². The molecule has 0 radical (unpaired) electrons. The van der Waals surface area contributed by atoms with Crippen LogP contribution in [0.4, 0.5) is 5.95 Å². The summed E-state index contributed by atoms with van der Waals surface area (Å²) in [6.07, 6.45) is 6.50. The van der Waals surface area contributed by atoms with Crippen molar-refractivity contribution in [2.24, 2.45) is 0 Å². The number of methoxy groups -OCH3 is 1. The van der Waals surface area contributed by atoms with Gasteiger partial charge < -0.3 is 9.64 Å². The van der Waals surface area contributed by atoms with Crippen molar-refractivity contribution in [2.45, 2.75) is 13.0 Å². The molecule has 4 aromatic rings. The Labute approximate surface area is 179 Å². The standard InChI is InChI=1S/C25H22N4O2/c1-31-21-10-7-17(8-11-21)6-9-19-12-14-26-23-22(19)24(30)28-25(27-23)29-15-13-18-4-2-3-5-20(18)16-29/h2-12,14H,13,15-16H2,1H3,(H,26,27,28,30)/b9-6+. The second kappa shape index (κ2) is 8.07. The number of nitrogens with zero attached hydrogens (tertiary/aromatic N) is 3. The molecule has 0 atom stereocenters. The molecule has 0 saturated carbocycles. The van der Waals surface area contributed by atoms with Crippen LogP contribution in [0.5, 0.6) is 5.75 Å². The zero-order valence-electron chi connectivity index (χ0n) is 17.2. The second-order valence-corrected chi connectivity index (χ2v) is 7.54. The number of hydrogen-bond donors (Lipinski definition) is 1. The number of ether oxygens (including phenoxy) is 1. The monoisotopic (exact) mass is 410 g/mol. The van der Waals surface area contributed by atoms with Gasteiger partial charge >= 0.3 is 0 Å². The molecular weight excluding hydrogens is 388 g/mol. The van der Waals surface area contributed by atoms with Crippen molar-refractivity contribution < 1.29 is 4.74 Å². The molecule has 6 heteroatoms. The molecule has 5 rings (SSSR count). The molecule has 154 valence electrons. The third-order valence-corrected chi connectivity index (χ3v) is 5.63. The topological polar surface area (TPSA) is 71.1 Å². The van der Waals surface area contributed by atoms with Gasteiger partial charge in [-0.15, -0.1) is 0 Å². The van der Waals surface area contributed by atoms with Crippen LogP contribution in [0.15, 0.2) is 65.6 Å². The fourth-order valence-electron chi connectivity index (χ4n) is 3.94. The minimum absolute atomic E-state index is 0.179. The molecule has 1 aliphatic heterocycles. The summed E-state index contributed by atoms with van der Waals surface area (Å²) in [5, 5.41) is 0.494. The van der Waals surface area contributed by atoms with Crippen molar-refractivity contribution in [1.82, 2.24) is 15.0 Å². The lowest BCUT2D eigenvalue weighted by molar-refractivity contribution is 0.415. The molecule has 1 N–H and O–H groups in total. The predicted molar refractivity (Wildman–Crippen MR) is 123 cm³/mol. The number of fused-ring (bicyclic) bond motifs is 2. The largest absolute Gasteiger partial charge is 0.497 e. The fraction of sp³-hybridized carbons (Fsp3) is 0.160. The number of rotatable bonds is 4. The Balaban J connectivity index is 1.47. The van der Waals surface area contributed by atoms with Crippen LogP contribution in [-0.4, -0.2) is 28.6 Å². The van der Waals surface area contributed by atoms with Gasteiger partial charge in [-0.25, -0.2) is 4.98 Å². The van der Waals surface area contributed by atoms with Gasteiger partial charge in [0.05, 0.1) is 12.5 Å². The van der Waals surface area contributed by atoms with Gasteiger partial charge in [-0.2, -0.15) is 4.98 Å². The maximum Gasteiger partial charge on any atom is 0.262 e. The summed E-state index contributed by atoms with van der Waals surface area (Å²) in [4.78, 5) is 27.1. The van der Waals surface area contributed by atoms with Crippen molar-refractivity contribution in [3.8, 4) is 5.75 Å². The molecule has 2 aromatic carbocycles. The number of pyridine rings is 1. The number of nitrogens with one attached hydrogen (secondary N) is 1. The molecule has 0 spiro atoms. The first-order chi connectivity index (χ1) is 15.2.